The molecule has 1 unspecified atom stereocenters. The maximum atomic E-state index is 3.03. The van der Waals surface area contributed by atoms with Gasteiger partial charge in [-0.1, -0.05) is 66.7 Å². The second-order valence-corrected chi connectivity index (χ2v) is 14.6. The van der Waals surface area contributed by atoms with E-state index in [4.69, 9.17) is 0 Å². The molecule has 32 heavy (non-hydrogen) atoms. The van der Waals surface area contributed by atoms with Crippen molar-refractivity contribution in [2.75, 3.05) is 4.90 Å². The zero-order chi connectivity index (χ0) is 23.2. The van der Waals surface area contributed by atoms with Crippen LogP contribution in [0.1, 0.15) is 124 Å². The van der Waals surface area contributed by atoms with Crippen LogP contribution >= 0.6 is 0 Å². The minimum absolute atomic E-state index is 0.196. The number of hydrogen-bond acceptors (Lipinski definition) is 1. The van der Waals surface area contributed by atoms with Gasteiger partial charge in [-0.25, -0.2) is 0 Å². The first kappa shape index (κ1) is 22.8. The molecular weight excluding hydrogens is 386 g/mol. The number of anilines is 1. The van der Waals surface area contributed by atoms with Crippen LogP contribution in [0.25, 0.3) is 0 Å². The maximum absolute atomic E-state index is 3.03. The number of benzene rings is 1. The summed E-state index contributed by atoms with van der Waals surface area (Å²) in [6.45, 7) is 22.5. The average molecular weight is 436 g/mol. The molecule has 0 aromatic heterocycles. The van der Waals surface area contributed by atoms with Gasteiger partial charge in [-0.05, 0) is 110 Å². The molecule has 4 saturated carbocycles. The van der Waals surface area contributed by atoms with Gasteiger partial charge in [0, 0.05) is 17.3 Å². The van der Waals surface area contributed by atoms with Crippen molar-refractivity contribution in [3.8, 4) is 0 Å². The molecule has 0 radical (unpaired) electrons. The van der Waals surface area contributed by atoms with Crippen LogP contribution in [-0.4, -0.2) is 11.6 Å². The lowest BCUT2D eigenvalue weighted by Crippen LogP contribution is -2.62. The molecule has 1 spiro atoms. The van der Waals surface area contributed by atoms with E-state index >= 15 is 0 Å². The minimum atomic E-state index is 0.196. The highest BCUT2D eigenvalue weighted by Crippen LogP contribution is 2.71. The lowest BCUT2D eigenvalue weighted by molar-refractivity contribution is -0.128. The first-order chi connectivity index (χ1) is 14.9. The van der Waals surface area contributed by atoms with Crippen molar-refractivity contribution in [2.45, 2.75) is 124 Å². The smallest absolute Gasteiger partial charge is 0.0443 e. The van der Waals surface area contributed by atoms with Gasteiger partial charge in [-0.3, -0.25) is 0 Å². The van der Waals surface area contributed by atoms with Gasteiger partial charge >= 0.3 is 0 Å². The van der Waals surface area contributed by atoms with Gasteiger partial charge < -0.3 is 4.90 Å². The summed E-state index contributed by atoms with van der Waals surface area (Å²) in [5.41, 5.74) is 5.70. The third-order valence-corrected chi connectivity index (χ3v) is 10.2. The molecule has 1 aliphatic heterocycles. The molecule has 0 amide bonds. The highest BCUT2D eigenvalue weighted by molar-refractivity contribution is 5.66. The first-order valence-electron chi connectivity index (χ1n) is 13.8. The molecule has 5 aliphatic rings. The van der Waals surface area contributed by atoms with Crippen molar-refractivity contribution in [3.63, 3.8) is 0 Å². The van der Waals surface area contributed by atoms with E-state index < -0.39 is 0 Å². The Kier molecular flexibility index (Phi) is 5.17. The number of nitrogens with zero attached hydrogens (tertiary/aromatic N) is 1. The molecular formula is C31H49N. The van der Waals surface area contributed by atoms with Crippen molar-refractivity contribution < 1.29 is 0 Å². The Balaban J connectivity index is 1.74. The van der Waals surface area contributed by atoms with E-state index in [0.717, 1.165) is 23.7 Å². The number of rotatable bonds is 3. The monoisotopic (exact) mass is 435 g/mol. The molecule has 1 aromatic rings. The molecule has 1 atom stereocenters. The van der Waals surface area contributed by atoms with Gasteiger partial charge in [0.15, 0.2) is 0 Å². The molecule has 1 heterocycles. The highest BCUT2D eigenvalue weighted by Gasteiger charge is 2.69. The van der Waals surface area contributed by atoms with Crippen molar-refractivity contribution in [1.82, 2.24) is 0 Å². The third-order valence-electron chi connectivity index (χ3n) is 10.2. The number of hydrogen-bond donors (Lipinski definition) is 0. The lowest BCUT2D eigenvalue weighted by atomic mass is 9.41. The predicted molar refractivity (Wildman–Crippen MR) is 139 cm³/mol. The van der Waals surface area contributed by atoms with E-state index in [1.54, 1.807) is 23.2 Å². The van der Waals surface area contributed by atoms with Crippen LogP contribution in [0.3, 0.4) is 0 Å². The minimum Gasteiger partial charge on any atom is -0.362 e. The van der Waals surface area contributed by atoms with Crippen LogP contribution in [0.15, 0.2) is 18.2 Å². The van der Waals surface area contributed by atoms with E-state index in [1.807, 2.05) is 0 Å². The predicted octanol–water partition coefficient (Wildman–Crippen LogP) is 8.78. The fraction of sp³-hybridized carbons (Fsp3) is 0.806. The van der Waals surface area contributed by atoms with Gasteiger partial charge in [0.25, 0.3) is 0 Å². The zero-order valence-corrected chi connectivity index (χ0v) is 22.5. The van der Waals surface area contributed by atoms with Crippen molar-refractivity contribution in [1.29, 1.82) is 0 Å². The molecule has 1 aromatic carbocycles. The molecule has 0 N–H and O–H groups in total. The number of para-hydroxylation sites is 1. The molecule has 5 fully saturated rings. The van der Waals surface area contributed by atoms with Crippen LogP contribution in [-0.2, 0) is 0 Å². The van der Waals surface area contributed by atoms with Crippen LogP contribution < -0.4 is 4.90 Å². The van der Waals surface area contributed by atoms with Gasteiger partial charge in [0.1, 0.15) is 0 Å². The summed E-state index contributed by atoms with van der Waals surface area (Å²) in [4.78, 5) is 3.03. The molecule has 4 bridgehead atoms. The summed E-state index contributed by atoms with van der Waals surface area (Å²) >= 11 is 0. The normalized spacial score (nSPS) is 38.0. The van der Waals surface area contributed by atoms with E-state index in [9.17, 15) is 0 Å². The topological polar surface area (TPSA) is 3.24 Å². The van der Waals surface area contributed by atoms with Crippen LogP contribution in [0, 0.1) is 34.5 Å². The summed E-state index contributed by atoms with van der Waals surface area (Å²) in [5.74, 6) is 5.07. The van der Waals surface area contributed by atoms with Crippen LogP contribution in [0.5, 0.6) is 0 Å². The highest BCUT2D eigenvalue weighted by atomic mass is 15.3. The van der Waals surface area contributed by atoms with Crippen LogP contribution in [0.2, 0.25) is 0 Å². The van der Waals surface area contributed by atoms with E-state index in [-0.39, 0.29) is 11.0 Å². The van der Waals surface area contributed by atoms with Gasteiger partial charge in [0.05, 0.1) is 0 Å². The fourth-order valence-corrected chi connectivity index (χ4v) is 9.73. The van der Waals surface area contributed by atoms with E-state index in [2.05, 4.69) is 85.4 Å². The summed E-state index contributed by atoms with van der Waals surface area (Å²) in [5, 5.41) is 0. The lowest BCUT2D eigenvalue weighted by Gasteiger charge is -2.64. The summed E-state index contributed by atoms with van der Waals surface area (Å²) in [6, 6.07) is 7.81. The van der Waals surface area contributed by atoms with Crippen molar-refractivity contribution in [2.24, 2.45) is 34.5 Å². The van der Waals surface area contributed by atoms with E-state index in [0.29, 0.717) is 23.3 Å². The SMILES string of the molecule is CC(C)c1cccc(C(C)C)c1N1C(C(C)(C)C)C2(CC1(C)C)C1CC3CC(C1)CC2C3. The Morgan fingerprint density at radius 3 is 1.69 bits per heavy atom. The fourth-order valence-electron chi connectivity index (χ4n) is 9.73. The molecule has 6 rings (SSSR count). The third kappa shape index (κ3) is 3.15. The summed E-state index contributed by atoms with van der Waals surface area (Å²) in [6.07, 6.45) is 9.02. The Morgan fingerprint density at radius 2 is 1.28 bits per heavy atom. The molecule has 178 valence electrons. The molecule has 4 aliphatic carbocycles. The Labute approximate surface area is 198 Å². The molecule has 1 heteroatoms. The largest absolute Gasteiger partial charge is 0.362 e. The van der Waals surface area contributed by atoms with Crippen molar-refractivity contribution in [3.05, 3.63) is 29.3 Å². The Morgan fingerprint density at radius 1 is 0.812 bits per heavy atom. The van der Waals surface area contributed by atoms with Gasteiger partial charge in [-0.2, -0.15) is 0 Å². The molecule has 1 nitrogen and oxygen atoms in total. The summed E-state index contributed by atoms with van der Waals surface area (Å²) in [7, 11) is 0. The first-order valence-corrected chi connectivity index (χ1v) is 13.8. The van der Waals surface area contributed by atoms with Crippen molar-refractivity contribution >= 4 is 5.69 Å². The zero-order valence-electron chi connectivity index (χ0n) is 22.5. The van der Waals surface area contributed by atoms with Gasteiger partial charge in [0.2, 0.25) is 0 Å². The van der Waals surface area contributed by atoms with Gasteiger partial charge in [-0.15, -0.1) is 0 Å². The summed E-state index contributed by atoms with van der Waals surface area (Å²) < 4.78 is 0. The maximum Gasteiger partial charge on any atom is 0.0443 e. The van der Waals surface area contributed by atoms with E-state index in [1.165, 1.54) is 32.1 Å². The second-order valence-electron chi connectivity index (χ2n) is 14.6. The second kappa shape index (κ2) is 7.26. The molecule has 1 saturated heterocycles. The Bertz CT molecular complexity index is 813. The standard InChI is InChI=1S/C31H49N/c1-19(2)25-11-10-12-26(20(3)4)27(25)32-28(29(5,6)7)31(18-30(32,8)9)23-14-21-13-22(16-23)17-24(31)15-21/h10-12,19-24,28H,13-18H2,1-9H3. The Hall–Kier alpha value is -0.980. The quantitative estimate of drug-likeness (QED) is 0.458. The van der Waals surface area contributed by atoms with Crippen LogP contribution in [0.4, 0.5) is 5.69 Å². The average Bonchev–Trinajstić information content (AvgIpc) is 2.93.